The van der Waals surface area contributed by atoms with Crippen LogP contribution in [0.4, 0.5) is 0 Å². The zero-order chi connectivity index (χ0) is 7.61. The quantitative estimate of drug-likeness (QED) is 0.532. The van der Waals surface area contributed by atoms with E-state index in [2.05, 4.69) is 0 Å². The van der Waals surface area contributed by atoms with Gasteiger partial charge in [0, 0.05) is 12.5 Å². The Kier molecular flexibility index (Phi) is 1.94. The predicted octanol–water partition coefficient (Wildman–Crippen LogP) is 0.586. The van der Waals surface area contributed by atoms with Crippen molar-refractivity contribution in [2.45, 2.75) is 13.3 Å². The maximum absolute atomic E-state index is 10.7. The fourth-order valence-electron chi connectivity index (χ4n) is 1.15. The molecule has 1 unspecified atom stereocenters. The number of hydrogen-bond acceptors (Lipinski definition) is 3. The standard InChI is InChI=1S/C7H12O3/c1-7(4-9-2)3-6(8)10-5-7/h3-5H2,1-2H3. The topological polar surface area (TPSA) is 35.5 Å². The van der Waals surface area contributed by atoms with E-state index in [1.165, 1.54) is 0 Å². The lowest BCUT2D eigenvalue weighted by molar-refractivity contribution is -0.137. The van der Waals surface area contributed by atoms with E-state index in [0.717, 1.165) is 0 Å². The Labute approximate surface area is 60.3 Å². The third-order valence-corrected chi connectivity index (χ3v) is 1.65. The molecule has 0 bridgehead atoms. The van der Waals surface area contributed by atoms with Gasteiger partial charge in [-0.05, 0) is 0 Å². The third kappa shape index (κ3) is 1.48. The van der Waals surface area contributed by atoms with E-state index in [-0.39, 0.29) is 11.4 Å². The Morgan fingerprint density at radius 1 is 1.80 bits per heavy atom. The summed E-state index contributed by atoms with van der Waals surface area (Å²) >= 11 is 0. The molecule has 0 aromatic heterocycles. The number of hydrogen-bond donors (Lipinski definition) is 0. The smallest absolute Gasteiger partial charge is 0.306 e. The molecule has 0 spiro atoms. The number of ether oxygens (including phenoxy) is 2. The number of carbonyl (C=O) groups excluding carboxylic acids is 1. The normalized spacial score (nSPS) is 32.4. The number of esters is 1. The first-order valence-electron chi connectivity index (χ1n) is 3.31. The summed E-state index contributed by atoms with van der Waals surface area (Å²) < 4.78 is 9.75. The van der Waals surface area contributed by atoms with Gasteiger partial charge in [0.2, 0.25) is 0 Å². The zero-order valence-electron chi connectivity index (χ0n) is 6.35. The molecule has 3 heteroatoms. The second-order valence-electron chi connectivity index (χ2n) is 3.08. The lowest BCUT2D eigenvalue weighted by atomic mass is 9.91. The van der Waals surface area contributed by atoms with Crippen LogP contribution in [-0.2, 0) is 14.3 Å². The summed E-state index contributed by atoms with van der Waals surface area (Å²) in [5.41, 5.74) is -0.0775. The molecule has 1 aliphatic rings. The van der Waals surface area contributed by atoms with Crippen LogP contribution in [0.2, 0.25) is 0 Å². The second kappa shape index (κ2) is 2.58. The van der Waals surface area contributed by atoms with E-state index in [4.69, 9.17) is 9.47 Å². The van der Waals surface area contributed by atoms with Crippen molar-refractivity contribution in [2.24, 2.45) is 5.41 Å². The summed E-state index contributed by atoms with van der Waals surface area (Å²) in [5.74, 6) is -0.112. The van der Waals surface area contributed by atoms with Crippen LogP contribution in [-0.4, -0.2) is 26.3 Å². The molecule has 0 radical (unpaired) electrons. The molecule has 1 heterocycles. The molecular formula is C7H12O3. The third-order valence-electron chi connectivity index (χ3n) is 1.65. The highest BCUT2D eigenvalue weighted by Crippen LogP contribution is 2.28. The van der Waals surface area contributed by atoms with Gasteiger partial charge in [-0.25, -0.2) is 0 Å². The molecule has 0 aromatic rings. The van der Waals surface area contributed by atoms with E-state index >= 15 is 0 Å². The molecule has 0 aromatic carbocycles. The molecule has 0 N–H and O–H groups in total. The molecule has 58 valence electrons. The first-order valence-corrected chi connectivity index (χ1v) is 3.31. The molecule has 1 saturated heterocycles. The lowest BCUT2D eigenvalue weighted by Crippen LogP contribution is -2.22. The van der Waals surface area contributed by atoms with Crippen LogP contribution in [0.1, 0.15) is 13.3 Å². The van der Waals surface area contributed by atoms with Crippen LogP contribution in [0.3, 0.4) is 0 Å². The highest BCUT2D eigenvalue weighted by Gasteiger charge is 2.35. The highest BCUT2D eigenvalue weighted by molar-refractivity contribution is 5.72. The number of carbonyl (C=O) groups is 1. The van der Waals surface area contributed by atoms with Gasteiger partial charge in [0.05, 0.1) is 19.6 Å². The number of rotatable bonds is 2. The van der Waals surface area contributed by atoms with Crippen molar-refractivity contribution in [3.63, 3.8) is 0 Å². The minimum absolute atomic E-state index is 0.0775. The van der Waals surface area contributed by atoms with Gasteiger partial charge in [0.1, 0.15) is 0 Å². The van der Waals surface area contributed by atoms with Crippen molar-refractivity contribution in [1.82, 2.24) is 0 Å². The number of methoxy groups -OCH3 is 1. The van der Waals surface area contributed by atoms with E-state index in [1.54, 1.807) is 7.11 Å². The Hall–Kier alpha value is -0.570. The summed E-state index contributed by atoms with van der Waals surface area (Å²) in [5, 5.41) is 0. The monoisotopic (exact) mass is 144 g/mol. The van der Waals surface area contributed by atoms with E-state index < -0.39 is 0 Å². The summed E-state index contributed by atoms with van der Waals surface area (Å²) in [7, 11) is 1.63. The van der Waals surface area contributed by atoms with Crippen LogP contribution in [0, 0.1) is 5.41 Å². The maximum atomic E-state index is 10.7. The molecule has 0 saturated carbocycles. The van der Waals surface area contributed by atoms with E-state index in [0.29, 0.717) is 19.6 Å². The maximum Gasteiger partial charge on any atom is 0.306 e. The molecule has 1 atom stereocenters. The molecule has 1 aliphatic heterocycles. The second-order valence-corrected chi connectivity index (χ2v) is 3.08. The zero-order valence-corrected chi connectivity index (χ0v) is 6.35. The summed E-state index contributed by atoms with van der Waals surface area (Å²) in [6, 6.07) is 0. The molecule has 1 rings (SSSR count). The van der Waals surface area contributed by atoms with Crippen LogP contribution in [0.15, 0.2) is 0 Å². The Bertz CT molecular complexity index is 144. The molecule has 10 heavy (non-hydrogen) atoms. The SMILES string of the molecule is COCC1(C)COC(=O)C1. The molecule has 0 aliphatic carbocycles. The van der Waals surface area contributed by atoms with Crippen molar-refractivity contribution in [3.8, 4) is 0 Å². The Morgan fingerprint density at radius 3 is 2.90 bits per heavy atom. The van der Waals surface area contributed by atoms with Crippen LogP contribution in [0.5, 0.6) is 0 Å². The van der Waals surface area contributed by atoms with Gasteiger partial charge in [0.15, 0.2) is 0 Å². The minimum atomic E-state index is -0.112. The average molecular weight is 144 g/mol. The van der Waals surface area contributed by atoms with Gasteiger partial charge < -0.3 is 9.47 Å². The summed E-state index contributed by atoms with van der Waals surface area (Å²) in [4.78, 5) is 10.7. The molecular weight excluding hydrogens is 132 g/mol. The van der Waals surface area contributed by atoms with Crippen LogP contribution >= 0.6 is 0 Å². The van der Waals surface area contributed by atoms with Crippen molar-refractivity contribution in [2.75, 3.05) is 20.3 Å². The van der Waals surface area contributed by atoms with Gasteiger partial charge in [0.25, 0.3) is 0 Å². The van der Waals surface area contributed by atoms with Crippen LogP contribution < -0.4 is 0 Å². The van der Waals surface area contributed by atoms with Crippen molar-refractivity contribution >= 4 is 5.97 Å². The first kappa shape index (κ1) is 7.54. The van der Waals surface area contributed by atoms with Crippen LogP contribution in [0.25, 0.3) is 0 Å². The fraction of sp³-hybridized carbons (Fsp3) is 0.857. The summed E-state index contributed by atoms with van der Waals surface area (Å²) in [6.45, 7) is 3.08. The summed E-state index contributed by atoms with van der Waals surface area (Å²) in [6.07, 6.45) is 0.487. The highest BCUT2D eigenvalue weighted by atomic mass is 16.5. The van der Waals surface area contributed by atoms with Crippen molar-refractivity contribution < 1.29 is 14.3 Å². The van der Waals surface area contributed by atoms with Gasteiger partial charge >= 0.3 is 5.97 Å². The van der Waals surface area contributed by atoms with Crippen molar-refractivity contribution in [3.05, 3.63) is 0 Å². The van der Waals surface area contributed by atoms with Crippen molar-refractivity contribution in [1.29, 1.82) is 0 Å². The van der Waals surface area contributed by atoms with E-state index in [9.17, 15) is 4.79 Å². The Balaban J connectivity index is 2.46. The Morgan fingerprint density at radius 2 is 2.50 bits per heavy atom. The average Bonchev–Trinajstić information content (AvgIpc) is 2.12. The number of cyclic esters (lactones) is 1. The van der Waals surface area contributed by atoms with Gasteiger partial charge in [-0.1, -0.05) is 6.92 Å². The minimum Gasteiger partial charge on any atom is -0.465 e. The largest absolute Gasteiger partial charge is 0.465 e. The molecule has 3 nitrogen and oxygen atoms in total. The van der Waals surface area contributed by atoms with Gasteiger partial charge in [-0.2, -0.15) is 0 Å². The molecule has 0 amide bonds. The molecule has 1 fully saturated rings. The van der Waals surface area contributed by atoms with Gasteiger partial charge in [-0.15, -0.1) is 0 Å². The lowest BCUT2D eigenvalue weighted by Gasteiger charge is -2.17. The fourth-order valence-corrected chi connectivity index (χ4v) is 1.15. The van der Waals surface area contributed by atoms with Gasteiger partial charge in [-0.3, -0.25) is 4.79 Å². The van der Waals surface area contributed by atoms with E-state index in [1.807, 2.05) is 6.92 Å². The first-order chi connectivity index (χ1) is 4.66. The predicted molar refractivity (Wildman–Crippen MR) is 35.6 cm³/mol.